The van der Waals surface area contributed by atoms with Crippen molar-refractivity contribution in [2.75, 3.05) is 5.73 Å². The van der Waals surface area contributed by atoms with Crippen molar-refractivity contribution in [2.45, 2.75) is 18.9 Å². The molecular weight excluding hydrogens is 370 g/mol. The van der Waals surface area contributed by atoms with E-state index in [1.54, 1.807) is 24.7 Å². The average molecular weight is 389 g/mol. The summed E-state index contributed by atoms with van der Waals surface area (Å²) in [7, 11) is 0. The Bertz CT molecular complexity index is 1100. The quantitative estimate of drug-likeness (QED) is 0.498. The first-order valence-corrected chi connectivity index (χ1v) is 9.04. The molecule has 0 aliphatic heterocycles. The molecule has 3 heterocycles. The van der Waals surface area contributed by atoms with Gasteiger partial charge in [0.05, 0.1) is 25.0 Å². The number of nitrogens with two attached hydrogens (primary N) is 1. The van der Waals surface area contributed by atoms with E-state index in [0.29, 0.717) is 23.8 Å². The standard InChI is InChI=1S/C21H19N5O3/c22-20-7-6-15(10-23-20)17(9-21(27)28)18-12-26(13-24-18)11-16-8-19(29-25-16)14-4-2-1-3-5-14/h1-8,10,12-13,17H,9,11H2,(H2,22,23)(H,27,28). The van der Waals surface area contributed by atoms with Gasteiger partial charge in [-0.25, -0.2) is 9.97 Å². The number of carboxylic acids is 1. The first kappa shape index (κ1) is 18.4. The molecule has 0 spiro atoms. The van der Waals surface area contributed by atoms with Crippen LogP contribution in [0.15, 0.2) is 71.8 Å². The summed E-state index contributed by atoms with van der Waals surface area (Å²) in [4.78, 5) is 19.8. The lowest BCUT2D eigenvalue weighted by molar-refractivity contribution is -0.137. The molecule has 146 valence electrons. The molecule has 8 nitrogen and oxygen atoms in total. The van der Waals surface area contributed by atoms with Crippen molar-refractivity contribution < 1.29 is 14.4 Å². The second-order valence-corrected chi connectivity index (χ2v) is 6.69. The molecule has 3 aromatic heterocycles. The number of rotatable bonds is 7. The normalized spacial score (nSPS) is 12.0. The van der Waals surface area contributed by atoms with E-state index < -0.39 is 11.9 Å². The number of pyridine rings is 1. The lowest BCUT2D eigenvalue weighted by Crippen LogP contribution is -2.09. The Morgan fingerprint density at radius 2 is 2.00 bits per heavy atom. The minimum Gasteiger partial charge on any atom is -0.481 e. The van der Waals surface area contributed by atoms with E-state index in [0.717, 1.165) is 16.8 Å². The Balaban J connectivity index is 1.54. The number of hydrogen-bond donors (Lipinski definition) is 2. The minimum atomic E-state index is -0.912. The fraction of sp³-hybridized carbons (Fsp3) is 0.143. The van der Waals surface area contributed by atoms with Gasteiger partial charge in [-0.15, -0.1) is 0 Å². The summed E-state index contributed by atoms with van der Waals surface area (Å²) in [6, 6.07) is 15.0. The Hall–Kier alpha value is -3.94. The smallest absolute Gasteiger partial charge is 0.304 e. The molecule has 1 atom stereocenters. The summed E-state index contributed by atoms with van der Waals surface area (Å²) in [6.07, 6.45) is 4.98. The molecule has 0 aliphatic rings. The third-order valence-electron chi connectivity index (χ3n) is 4.56. The van der Waals surface area contributed by atoms with Gasteiger partial charge in [0.2, 0.25) is 0 Å². The Morgan fingerprint density at radius 1 is 1.17 bits per heavy atom. The van der Waals surface area contributed by atoms with Gasteiger partial charge in [-0.3, -0.25) is 4.79 Å². The van der Waals surface area contributed by atoms with Crippen molar-refractivity contribution in [3.63, 3.8) is 0 Å². The molecule has 0 saturated carbocycles. The van der Waals surface area contributed by atoms with Crippen molar-refractivity contribution >= 4 is 11.8 Å². The highest BCUT2D eigenvalue weighted by atomic mass is 16.5. The molecule has 1 aromatic carbocycles. The molecule has 0 saturated heterocycles. The third-order valence-corrected chi connectivity index (χ3v) is 4.56. The number of nitrogen functional groups attached to an aromatic ring is 1. The van der Waals surface area contributed by atoms with Gasteiger partial charge in [-0.05, 0) is 11.6 Å². The number of carboxylic acid groups (broad SMARTS) is 1. The van der Waals surface area contributed by atoms with Crippen LogP contribution in [0.3, 0.4) is 0 Å². The first-order valence-electron chi connectivity index (χ1n) is 9.04. The van der Waals surface area contributed by atoms with Crippen molar-refractivity contribution in [1.29, 1.82) is 0 Å². The molecular formula is C21H19N5O3. The fourth-order valence-electron chi connectivity index (χ4n) is 3.15. The van der Waals surface area contributed by atoms with Crippen LogP contribution in [0.2, 0.25) is 0 Å². The molecule has 3 N–H and O–H groups in total. The highest BCUT2D eigenvalue weighted by molar-refractivity contribution is 5.68. The van der Waals surface area contributed by atoms with E-state index in [9.17, 15) is 9.90 Å². The molecule has 0 radical (unpaired) electrons. The molecule has 4 aromatic rings. The SMILES string of the molecule is Nc1ccc(C(CC(=O)O)c2cn(Cc3cc(-c4ccccc4)on3)cn2)cn1. The fourth-order valence-corrected chi connectivity index (χ4v) is 3.15. The molecule has 0 bridgehead atoms. The topological polar surface area (TPSA) is 120 Å². The molecule has 0 amide bonds. The van der Waals surface area contributed by atoms with Crippen LogP contribution in [0.1, 0.15) is 29.3 Å². The number of benzene rings is 1. The largest absolute Gasteiger partial charge is 0.481 e. The number of nitrogens with zero attached hydrogens (tertiary/aromatic N) is 4. The van der Waals surface area contributed by atoms with Crippen LogP contribution in [0.25, 0.3) is 11.3 Å². The van der Waals surface area contributed by atoms with Crippen LogP contribution < -0.4 is 5.73 Å². The van der Waals surface area contributed by atoms with Crippen LogP contribution >= 0.6 is 0 Å². The van der Waals surface area contributed by atoms with Crippen molar-refractivity contribution in [3.05, 3.63) is 84.2 Å². The Morgan fingerprint density at radius 3 is 2.72 bits per heavy atom. The molecule has 8 heteroatoms. The van der Waals surface area contributed by atoms with Crippen LogP contribution in [0.4, 0.5) is 5.82 Å². The van der Waals surface area contributed by atoms with Gasteiger partial charge in [0.1, 0.15) is 11.5 Å². The van der Waals surface area contributed by atoms with Gasteiger partial charge < -0.3 is 19.9 Å². The van der Waals surface area contributed by atoms with Gasteiger partial charge >= 0.3 is 5.97 Å². The van der Waals surface area contributed by atoms with Gasteiger partial charge in [0.15, 0.2) is 5.76 Å². The lowest BCUT2D eigenvalue weighted by Gasteiger charge is -2.12. The van der Waals surface area contributed by atoms with Crippen LogP contribution in [-0.4, -0.2) is 30.8 Å². The van der Waals surface area contributed by atoms with Crippen molar-refractivity contribution in [2.24, 2.45) is 0 Å². The van der Waals surface area contributed by atoms with E-state index >= 15 is 0 Å². The van der Waals surface area contributed by atoms with E-state index in [2.05, 4.69) is 15.1 Å². The number of hydrogen-bond acceptors (Lipinski definition) is 6. The Kier molecular flexibility index (Phi) is 5.07. The van der Waals surface area contributed by atoms with E-state index in [1.165, 1.54) is 0 Å². The summed E-state index contributed by atoms with van der Waals surface area (Å²) < 4.78 is 7.28. The van der Waals surface area contributed by atoms with Crippen molar-refractivity contribution in [1.82, 2.24) is 19.7 Å². The average Bonchev–Trinajstić information content (AvgIpc) is 3.38. The van der Waals surface area contributed by atoms with E-state index in [-0.39, 0.29) is 6.42 Å². The van der Waals surface area contributed by atoms with E-state index in [1.807, 2.05) is 47.2 Å². The van der Waals surface area contributed by atoms with Crippen LogP contribution in [-0.2, 0) is 11.3 Å². The van der Waals surface area contributed by atoms with Crippen LogP contribution in [0, 0.1) is 0 Å². The maximum absolute atomic E-state index is 11.4. The highest BCUT2D eigenvalue weighted by Crippen LogP contribution is 2.27. The number of aromatic nitrogens is 4. The molecule has 0 fully saturated rings. The second-order valence-electron chi connectivity index (χ2n) is 6.69. The van der Waals surface area contributed by atoms with Gasteiger partial charge in [-0.1, -0.05) is 41.6 Å². The molecule has 0 aliphatic carbocycles. The number of carbonyl (C=O) groups is 1. The highest BCUT2D eigenvalue weighted by Gasteiger charge is 2.21. The lowest BCUT2D eigenvalue weighted by atomic mass is 9.94. The molecule has 1 unspecified atom stereocenters. The predicted molar refractivity (Wildman–Crippen MR) is 106 cm³/mol. The number of imidazole rings is 1. The second kappa shape index (κ2) is 7.97. The minimum absolute atomic E-state index is 0.0925. The number of aliphatic carboxylic acids is 1. The summed E-state index contributed by atoms with van der Waals surface area (Å²) in [5.41, 5.74) is 8.73. The predicted octanol–water partition coefficient (Wildman–Crippen LogP) is 3.17. The zero-order valence-electron chi connectivity index (χ0n) is 15.5. The Labute approximate surface area is 166 Å². The van der Waals surface area contributed by atoms with E-state index in [4.69, 9.17) is 10.3 Å². The number of anilines is 1. The van der Waals surface area contributed by atoms with Gasteiger partial charge in [0, 0.05) is 29.9 Å². The molecule has 4 rings (SSSR count). The van der Waals surface area contributed by atoms with Crippen LogP contribution in [0.5, 0.6) is 0 Å². The zero-order valence-corrected chi connectivity index (χ0v) is 15.5. The first-order chi connectivity index (χ1) is 14.1. The van der Waals surface area contributed by atoms with Gasteiger partial charge in [-0.2, -0.15) is 0 Å². The summed E-state index contributed by atoms with van der Waals surface area (Å²) in [5.74, 6) is -0.254. The third kappa shape index (κ3) is 4.32. The summed E-state index contributed by atoms with van der Waals surface area (Å²) in [5, 5.41) is 13.4. The monoisotopic (exact) mass is 389 g/mol. The van der Waals surface area contributed by atoms with Crippen molar-refractivity contribution in [3.8, 4) is 11.3 Å². The maximum atomic E-state index is 11.4. The summed E-state index contributed by atoms with van der Waals surface area (Å²) in [6.45, 7) is 0.461. The van der Waals surface area contributed by atoms with Gasteiger partial charge in [0.25, 0.3) is 0 Å². The maximum Gasteiger partial charge on any atom is 0.304 e. The zero-order chi connectivity index (χ0) is 20.2. The molecule has 29 heavy (non-hydrogen) atoms. The summed E-state index contributed by atoms with van der Waals surface area (Å²) >= 11 is 0.